The zero-order valence-corrected chi connectivity index (χ0v) is 14.7. The van der Waals surface area contributed by atoms with Crippen LogP contribution < -0.4 is 5.32 Å². The van der Waals surface area contributed by atoms with E-state index in [0.29, 0.717) is 6.42 Å². The Bertz CT molecular complexity index is 666. The predicted molar refractivity (Wildman–Crippen MR) is 99.5 cm³/mol. The number of benzene rings is 2. The lowest BCUT2D eigenvalue weighted by molar-refractivity contribution is -0.128. The van der Waals surface area contributed by atoms with Gasteiger partial charge in [0.25, 0.3) is 0 Å². The molecule has 1 aliphatic rings. The van der Waals surface area contributed by atoms with Gasteiger partial charge in [0.2, 0.25) is 0 Å². The fraction of sp³-hybridized carbons (Fsp3) is 0.364. The van der Waals surface area contributed by atoms with Gasteiger partial charge in [0.05, 0.1) is 6.04 Å². The molecule has 1 heterocycles. The fourth-order valence-electron chi connectivity index (χ4n) is 3.79. The van der Waals surface area contributed by atoms with E-state index in [0.717, 1.165) is 30.5 Å². The first kappa shape index (κ1) is 17.6. The summed E-state index contributed by atoms with van der Waals surface area (Å²) in [6.07, 6.45) is 2.20. The minimum Gasteiger partial charge on any atom is -0.307 e. The lowest BCUT2D eigenvalue weighted by Gasteiger charge is -2.27. The van der Waals surface area contributed by atoms with Gasteiger partial charge < -0.3 is 5.32 Å². The lowest BCUT2D eigenvalue weighted by Crippen LogP contribution is -2.34. The van der Waals surface area contributed by atoms with Gasteiger partial charge in [-0.05, 0) is 37.4 Å². The van der Waals surface area contributed by atoms with E-state index < -0.39 is 0 Å². The number of Topliss-reactive ketones (excluding diaryl/α,β-unsaturated/α-hetero) is 2. The van der Waals surface area contributed by atoms with Crippen LogP contribution in [0.1, 0.15) is 43.2 Å². The van der Waals surface area contributed by atoms with Crippen molar-refractivity contribution in [2.24, 2.45) is 5.92 Å². The third-order valence-electron chi connectivity index (χ3n) is 5.11. The average molecular weight is 335 g/mol. The Kier molecular flexibility index (Phi) is 5.77. The SMILES string of the molecule is CC(=O)[C@@H](CC(=O)[C@@H]1CCCN1)C(c1ccccc1)c1ccccc1. The van der Waals surface area contributed by atoms with Gasteiger partial charge in [-0.15, -0.1) is 0 Å². The largest absolute Gasteiger partial charge is 0.307 e. The third kappa shape index (κ3) is 4.23. The van der Waals surface area contributed by atoms with Crippen molar-refractivity contribution in [3.63, 3.8) is 0 Å². The molecule has 0 bridgehead atoms. The number of hydrogen-bond acceptors (Lipinski definition) is 3. The zero-order chi connectivity index (χ0) is 17.6. The number of carbonyl (C=O) groups excluding carboxylic acids is 2. The van der Waals surface area contributed by atoms with Crippen LogP contribution in [0.2, 0.25) is 0 Å². The smallest absolute Gasteiger partial charge is 0.150 e. The highest BCUT2D eigenvalue weighted by Crippen LogP contribution is 2.35. The van der Waals surface area contributed by atoms with Crippen LogP contribution in [-0.4, -0.2) is 24.2 Å². The molecule has 2 atom stereocenters. The Morgan fingerprint density at radius 2 is 1.56 bits per heavy atom. The summed E-state index contributed by atoms with van der Waals surface area (Å²) in [6.45, 7) is 2.50. The summed E-state index contributed by atoms with van der Waals surface area (Å²) >= 11 is 0. The molecule has 0 spiro atoms. The first-order chi connectivity index (χ1) is 12.2. The molecule has 130 valence electrons. The maximum absolute atomic E-state index is 12.7. The first-order valence-electron chi connectivity index (χ1n) is 9.03. The van der Waals surface area contributed by atoms with E-state index in [9.17, 15) is 9.59 Å². The van der Waals surface area contributed by atoms with E-state index in [-0.39, 0.29) is 29.4 Å². The molecule has 3 nitrogen and oxygen atoms in total. The summed E-state index contributed by atoms with van der Waals surface area (Å²) in [6, 6.07) is 20.0. The maximum atomic E-state index is 12.7. The quantitative estimate of drug-likeness (QED) is 0.838. The van der Waals surface area contributed by atoms with Gasteiger partial charge in [-0.3, -0.25) is 9.59 Å². The van der Waals surface area contributed by atoms with Gasteiger partial charge >= 0.3 is 0 Å². The van der Waals surface area contributed by atoms with Crippen LogP contribution in [0, 0.1) is 5.92 Å². The summed E-state index contributed by atoms with van der Waals surface area (Å²) in [7, 11) is 0. The van der Waals surface area contributed by atoms with Crippen LogP contribution in [-0.2, 0) is 9.59 Å². The summed E-state index contributed by atoms with van der Waals surface area (Å²) in [5, 5.41) is 3.26. The minimum absolute atomic E-state index is 0.0732. The molecule has 25 heavy (non-hydrogen) atoms. The molecule has 1 fully saturated rings. The molecule has 1 saturated heterocycles. The molecule has 0 amide bonds. The van der Waals surface area contributed by atoms with Crippen molar-refractivity contribution in [1.82, 2.24) is 5.32 Å². The summed E-state index contributed by atoms with van der Waals surface area (Å²) < 4.78 is 0. The van der Waals surface area contributed by atoms with Crippen molar-refractivity contribution in [1.29, 1.82) is 0 Å². The van der Waals surface area contributed by atoms with E-state index in [1.54, 1.807) is 6.92 Å². The maximum Gasteiger partial charge on any atom is 0.150 e. The molecule has 2 aromatic rings. The van der Waals surface area contributed by atoms with Crippen LogP contribution in [0.5, 0.6) is 0 Å². The summed E-state index contributed by atoms with van der Waals surface area (Å²) in [5.41, 5.74) is 2.17. The van der Waals surface area contributed by atoms with Crippen LogP contribution in [0.25, 0.3) is 0 Å². The molecule has 1 aliphatic heterocycles. The monoisotopic (exact) mass is 335 g/mol. The third-order valence-corrected chi connectivity index (χ3v) is 5.11. The highest BCUT2D eigenvalue weighted by Gasteiger charge is 2.33. The van der Waals surface area contributed by atoms with Crippen molar-refractivity contribution < 1.29 is 9.59 Å². The Morgan fingerprint density at radius 1 is 1.00 bits per heavy atom. The molecular weight excluding hydrogens is 310 g/mol. The normalized spacial score (nSPS) is 18.2. The van der Waals surface area contributed by atoms with E-state index in [1.807, 2.05) is 60.7 Å². The van der Waals surface area contributed by atoms with Gasteiger partial charge in [0.15, 0.2) is 0 Å². The molecule has 0 aromatic heterocycles. The standard InChI is InChI=1S/C22H25NO2/c1-16(24)19(15-21(25)20-13-8-14-23-20)22(17-9-4-2-5-10-17)18-11-6-3-7-12-18/h2-7,9-12,19-20,22-23H,8,13-15H2,1H3/t19-,20+/m1/s1. The molecular formula is C22H25NO2. The highest BCUT2D eigenvalue weighted by atomic mass is 16.1. The Hall–Kier alpha value is -2.26. The van der Waals surface area contributed by atoms with Crippen molar-refractivity contribution >= 4 is 11.6 Å². The highest BCUT2D eigenvalue weighted by molar-refractivity contribution is 5.90. The van der Waals surface area contributed by atoms with Gasteiger partial charge in [0, 0.05) is 18.3 Å². The second kappa shape index (κ2) is 8.21. The van der Waals surface area contributed by atoms with Crippen molar-refractivity contribution in [3.05, 3.63) is 71.8 Å². The molecule has 3 rings (SSSR count). The summed E-state index contributed by atoms with van der Waals surface area (Å²) in [4.78, 5) is 25.2. The molecule has 0 saturated carbocycles. The predicted octanol–water partition coefficient (Wildman–Crippen LogP) is 3.73. The van der Waals surface area contributed by atoms with E-state index in [2.05, 4.69) is 5.32 Å². The molecule has 0 radical (unpaired) electrons. The van der Waals surface area contributed by atoms with Crippen molar-refractivity contribution in [2.45, 2.75) is 38.1 Å². The minimum atomic E-state index is -0.334. The van der Waals surface area contributed by atoms with Crippen molar-refractivity contribution in [2.75, 3.05) is 6.54 Å². The van der Waals surface area contributed by atoms with Crippen LogP contribution in [0.3, 0.4) is 0 Å². The molecule has 0 unspecified atom stereocenters. The topological polar surface area (TPSA) is 46.2 Å². The lowest BCUT2D eigenvalue weighted by atomic mass is 9.76. The molecule has 1 N–H and O–H groups in total. The van der Waals surface area contributed by atoms with E-state index in [1.165, 1.54) is 0 Å². The van der Waals surface area contributed by atoms with Gasteiger partial charge in [-0.2, -0.15) is 0 Å². The van der Waals surface area contributed by atoms with Gasteiger partial charge in [0.1, 0.15) is 11.6 Å². The zero-order valence-electron chi connectivity index (χ0n) is 14.7. The fourth-order valence-corrected chi connectivity index (χ4v) is 3.79. The first-order valence-corrected chi connectivity index (χ1v) is 9.03. The number of hydrogen-bond donors (Lipinski definition) is 1. The Balaban J connectivity index is 1.93. The average Bonchev–Trinajstić information content (AvgIpc) is 3.17. The van der Waals surface area contributed by atoms with E-state index >= 15 is 0 Å². The molecule has 0 aliphatic carbocycles. The Labute approximate surface area is 149 Å². The number of rotatable bonds is 7. The number of ketones is 2. The second-order valence-electron chi connectivity index (χ2n) is 6.84. The molecule has 3 heteroatoms. The second-order valence-corrected chi connectivity index (χ2v) is 6.84. The van der Waals surface area contributed by atoms with Crippen LogP contribution >= 0.6 is 0 Å². The number of carbonyl (C=O) groups is 2. The van der Waals surface area contributed by atoms with Gasteiger partial charge in [-0.1, -0.05) is 60.7 Å². The molecule has 2 aromatic carbocycles. The number of nitrogens with one attached hydrogen (secondary N) is 1. The van der Waals surface area contributed by atoms with E-state index in [4.69, 9.17) is 0 Å². The van der Waals surface area contributed by atoms with Gasteiger partial charge in [-0.25, -0.2) is 0 Å². The van der Waals surface area contributed by atoms with Crippen LogP contribution in [0.4, 0.5) is 0 Å². The summed E-state index contributed by atoms with van der Waals surface area (Å²) in [5.74, 6) is -0.191. The van der Waals surface area contributed by atoms with Crippen LogP contribution in [0.15, 0.2) is 60.7 Å². The van der Waals surface area contributed by atoms with Crippen molar-refractivity contribution in [3.8, 4) is 0 Å². The Morgan fingerprint density at radius 3 is 2.00 bits per heavy atom.